The van der Waals surface area contributed by atoms with Gasteiger partial charge in [-0.1, -0.05) is 54.6 Å². The largest absolute Gasteiger partial charge is 0.344 e. The number of fused-ring (bicyclic) bond motifs is 1. The van der Waals surface area contributed by atoms with E-state index in [1.165, 1.54) is 22.9 Å². The summed E-state index contributed by atoms with van der Waals surface area (Å²) in [7, 11) is 0. The number of hydrogen-bond donors (Lipinski definition) is 1. The molecule has 1 amide bonds. The predicted molar refractivity (Wildman–Crippen MR) is 109 cm³/mol. The lowest BCUT2D eigenvalue weighted by Crippen LogP contribution is -2.35. The fourth-order valence-electron chi connectivity index (χ4n) is 3.29. The second kappa shape index (κ2) is 8.06. The third-order valence-electron chi connectivity index (χ3n) is 4.70. The van der Waals surface area contributed by atoms with Gasteiger partial charge < -0.3 is 5.32 Å². The molecule has 4 rings (SSSR count). The van der Waals surface area contributed by atoms with Crippen LogP contribution in [0.1, 0.15) is 17.2 Å². The molecule has 0 saturated carbocycles. The van der Waals surface area contributed by atoms with Crippen LogP contribution in [0, 0.1) is 5.82 Å². The third kappa shape index (κ3) is 4.06. The van der Waals surface area contributed by atoms with Gasteiger partial charge in [-0.25, -0.2) is 9.37 Å². The Morgan fingerprint density at radius 1 is 0.931 bits per heavy atom. The highest BCUT2D eigenvalue weighted by Gasteiger charge is 2.18. The maximum absolute atomic E-state index is 13.4. The first-order valence-electron chi connectivity index (χ1n) is 9.16. The Morgan fingerprint density at radius 2 is 1.59 bits per heavy atom. The van der Waals surface area contributed by atoms with Gasteiger partial charge in [-0.2, -0.15) is 0 Å². The van der Waals surface area contributed by atoms with Crippen LogP contribution in [-0.2, 0) is 11.3 Å². The summed E-state index contributed by atoms with van der Waals surface area (Å²) < 4.78 is 14.8. The van der Waals surface area contributed by atoms with E-state index in [1.807, 2.05) is 36.4 Å². The SMILES string of the molecule is O=C(Cn1c(=O)cnc2ccccc21)NC(c1ccccc1)c1ccc(F)cc1. The Bertz CT molecular complexity index is 1200. The lowest BCUT2D eigenvalue weighted by molar-refractivity contribution is -0.122. The first kappa shape index (κ1) is 18.6. The van der Waals surface area contributed by atoms with E-state index in [0.717, 1.165) is 11.1 Å². The van der Waals surface area contributed by atoms with Crippen LogP contribution in [-0.4, -0.2) is 15.5 Å². The molecule has 1 atom stereocenters. The van der Waals surface area contributed by atoms with Gasteiger partial charge in [0.05, 0.1) is 23.3 Å². The highest BCUT2D eigenvalue weighted by molar-refractivity contribution is 5.80. The molecule has 4 aromatic rings. The highest BCUT2D eigenvalue weighted by atomic mass is 19.1. The molecular formula is C23H18FN3O2. The summed E-state index contributed by atoms with van der Waals surface area (Å²) in [5, 5.41) is 2.97. The number of carbonyl (C=O) groups excluding carboxylic acids is 1. The van der Waals surface area contributed by atoms with Crippen molar-refractivity contribution in [2.24, 2.45) is 0 Å². The van der Waals surface area contributed by atoms with Gasteiger partial charge in [0.25, 0.3) is 5.56 Å². The molecule has 5 nitrogen and oxygen atoms in total. The van der Waals surface area contributed by atoms with Crippen LogP contribution in [0.3, 0.4) is 0 Å². The van der Waals surface area contributed by atoms with Crippen LogP contribution in [0.4, 0.5) is 4.39 Å². The first-order valence-corrected chi connectivity index (χ1v) is 9.16. The summed E-state index contributed by atoms with van der Waals surface area (Å²) in [6.45, 7) is -0.146. The van der Waals surface area contributed by atoms with Gasteiger partial charge >= 0.3 is 0 Å². The number of halogens is 1. The van der Waals surface area contributed by atoms with Gasteiger partial charge in [-0.15, -0.1) is 0 Å². The quantitative estimate of drug-likeness (QED) is 0.571. The first-order chi connectivity index (χ1) is 14.1. The van der Waals surface area contributed by atoms with Crippen molar-refractivity contribution in [3.8, 4) is 0 Å². The molecule has 1 N–H and O–H groups in total. The van der Waals surface area contributed by atoms with Crippen LogP contribution in [0.5, 0.6) is 0 Å². The number of amides is 1. The molecule has 144 valence electrons. The molecule has 0 aliphatic rings. The summed E-state index contributed by atoms with van der Waals surface area (Å²) in [6, 6.07) is 22.1. The minimum Gasteiger partial charge on any atom is -0.344 e. The molecule has 0 radical (unpaired) electrons. The molecule has 0 fully saturated rings. The Balaban J connectivity index is 1.65. The summed E-state index contributed by atoms with van der Waals surface area (Å²) >= 11 is 0. The van der Waals surface area contributed by atoms with E-state index in [9.17, 15) is 14.0 Å². The monoisotopic (exact) mass is 387 g/mol. The number of benzene rings is 3. The lowest BCUT2D eigenvalue weighted by Gasteiger charge is -2.20. The Labute approximate surface area is 166 Å². The van der Waals surface area contributed by atoms with E-state index < -0.39 is 6.04 Å². The number of hydrogen-bond acceptors (Lipinski definition) is 3. The second-order valence-corrected chi connectivity index (χ2v) is 6.63. The van der Waals surface area contributed by atoms with E-state index in [4.69, 9.17) is 0 Å². The minimum atomic E-state index is -0.465. The molecule has 0 spiro atoms. The summed E-state index contributed by atoms with van der Waals surface area (Å²) in [6.07, 6.45) is 1.21. The van der Waals surface area contributed by atoms with E-state index in [-0.39, 0.29) is 23.8 Å². The molecule has 29 heavy (non-hydrogen) atoms. The average molecular weight is 387 g/mol. The third-order valence-corrected chi connectivity index (χ3v) is 4.70. The maximum Gasteiger partial charge on any atom is 0.269 e. The van der Waals surface area contributed by atoms with E-state index in [1.54, 1.807) is 30.3 Å². The van der Waals surface area contributed by atoms with Crippen molar-refractivity contribution in [1.82, 2.24) is 14.9 Å². The predicted octanol–water partition coefficient (Wildman–Crippen LogP) is 3.44. The minimum absolute atomic E-state index is 0.146. The summed E-state index contributed by atoms with van der Waals surface area (Å²) in [4.78, 5) is 29.3. The molecule has 6 heteroatoms. The number of nitrogens with one attached hydrogen (secondary N) is 1. The smallest absolute Gasteiger partial charge is 0.269 e. The molecule has 1 aromatic heterocycles. The average Bonchev–Trinajstić information content (AvgIpc) is 2.75. The standard InChI is InChI=1S/C23H18FN3O2/c24-18-12-10-17(11-13-18)23(16-6-2-1-3-7-16)26-21(28)15-27-20-9-5-4-8-19(20)25-14-22(27)29/h1-14,23H,15H2,(H,26,28). The zero-order valence-electron chi connectivity index (χ0n) is 15.5. The fraction of sp³-hybridized carbons (Fsp3) is 0.0870. The number of para-hydroxylation sites is 2. The summed E-state index contributed by atoms with van der Waals surface area (Å²) in [5.74, 6) is -0.677. The van der Waals surface area contributed by atoms with Crippen LogP contribution < -0.4 is 10.9 Å². The van der Waals surface area contributed by atoms with Crippen molar-refractivity contribution in [3.05, 3.63) is 112 Å². The molecule has 0 aliphatic heterocycles. The Hall–Kier alpha value is -3.80. The molecule has 0 aliphatic carbocycles. The number of carbonyl (C=O) groups is 1. The molecule has 0 saturated heterocycles. The van der Waals surface area contributed by atoms with Crippen molar-refractivity contribution in [3.63, 3.8) is 0 Å². The van der Waals surface area contributed by atoms with E-state index in [2.05, 4.69) is 10.3 Å². The molecule has 1 heterocycles. The van der Waals surface area contributed by atoms with Crippen LogP contribution in [0.25, 0.3) is 11.0 Å². The topological polar surface area (TPSA) is 64.0 Å². The summed E-state index contributed by atoms with van der Waals surface area (Å²) in [5.41, 5.74) is 2.49. The van der Waals surface area contributed by atoms with E-state index in [0.29, 0.717) is 11.0 Å². The van der Waals surface area contributed by atoms with E-state index >= 15 is 0 Å². The van der Waals surface area contributed by atoms with Gasteiger partial charge in [0.1, 0.15) is 12.4 Å². The number of aromatic nitrogens is 2. The van der Waals surface area contributed by atoms with Crippen LogP contribution in [0.15, 0.2) is 89.9 Å². The Morgan fingerprint density at radius 3 is 2.34 bits per heavy atom. The Kier molecular flexibility index (Phi) is 5.16. The number of nitrogens with zero attached hydrogens (tertiary/aromatic N) is 2. The fourth-order valence-corrected chi connectivity index (χ4v) is 3.29. The van der Waals surface area contributed by atoms with Gasteiger partial charge in [-0.3, -0.25) is 14.2 Å². The van der Waals surface area contributed by atoms with Crippen molar-refractivity contribution >= 4 is 16.9 Å². The highest BCUT2D eigenvalue weighted by Crippen LogP contribution is 2.22. The number of rotatable bonds is 5. The normalized spacial score (nSPS) is 11.9. The zero-order valence-corrected chi connectivity index (χ0v) is 15.5. The molecule has 3 aromatic carbocycles. The van der Waals surface area contributed by atoms with Crippen molar-refractivity contribution in [2.45, 2.75) is 12.6 Å². The van der Waals surface area contributed by atoms with Gasteiger partial charge in [0, 0.05) is 0 Å². The molecule has 0 bridgehead atoms. The maximum atomic E-state index is 13.4. The van der Waals surface area contributed by atoms with Gasteiger partial charge in [0.15, 0.2) is 0 Å². The van der Waals surface area contributed by atoms with Gasteiger partial charge in [-0.05, 0) is 35.4 Å². The van der Waals surface area contributed by atoms with Crippen LogP contribution >= 0.6 is 0 Å². The van der Waals surface area contributed by atoms with Gasteiger partial charge in [0.2, 0.25) is 5.91 Å². The lowest BCUT2D eigenvalue weighted by atomic mass is 9.98. The van der Waals surface area contributed by atoms with Crippen molar-refractivity contribution < 1.29 is 9.18 Å². The van der Waals surface area contributed by atoms with Crippen molar-refractivity contribution in [1.29, 1.82) is 0 Å². The second-order valence-electron chi connectivity index (χ2n) is 6.63. The molecular weight excluding hydrogens is 369 g/mol. The molecule has 1 unspecified atom stereocenters. The van der Waals surface area contributed by atoms with Crippen LogP contribution in [0.2, 0.25) is 0 Å². The zero-order chi connectivity index (χ0) is 20.2. The van der Waals surface area contributed by atoms with Crippen molar-refractivity contribution in [2.75, 3.05) is 0 Å².